The van der Waals surface area contributed by atoms with Gasteiger partial charge in [0.15, 0.2) is 11.4 Å². The van der Waals surface area contributed by atoms with Gasteiger partial charge in [-0.15, -0.1) is 0 Å². The number of aromatic amines is 1. The summed E-state index contributed by atoms with van der Waals surface area (Å²) in [4.78, 5) is 15.9. The number of carbonyl (C=O) groups excluding carboxylic acids is 1. The number of carboxylic acids is 1. The van der Waals surface area contributed by atoms with Gasteiger partial charge in [-0.3, -0.25) is 0 Å². The highest BCUT2D eigenvalue weighted by molar-refractivity contribution is 6.32. The Bertz CT molecular complexity index is 714. The lowest BCUT2D eigenvalue weighted by atomic mass is 10.0. The van der Waals surface area contributed by atoms with E-state index in [2.05, 4.69) is 4.98 Å². The second-order valence-corrected chi connectivity index (χ2v) is 5.47. The van der Waals surface area contributed by atoms with Crippen molar-refractivity contribution in [1.82, 2.24) is 0 Å². The van der Waals surface area contributed by atoms with E-state index in [0.717, 1.165) is 22.2 Å². The maximum Gasteiger partial charge on any atom is 0.255 e. The topological polar surface area (TPSA) is 66.7 Å². The molecule has 1 aromatic heterocycles. The van der Waals surface area contributed by atoms with Crippen molar-refractivity contribution in [2.75, 3.05) is 26.1 Å². The number of carboxylic acid groups (broad SMARTS) is 1. The number of nitrogens with one attached hydrogen (secondary N) is 1. The fraction of sp³-hybridized carbons (Fsp3) is 0.333. The van der Waals surface area contributed by atoms with Crippen molar-refractivity contribution in [2.45, 2.75) is 13.3 Å². The minimum absolute atomic E-state index is 0.193. The summed E-state index contributed by atoms with van der Waals surface area (Å²) >= 11 is 6.26. The molecule has 0 amide bonds. The van der Waals surface area contributed by atoms with Gasteiger partial charge in [0.2, 0.25) is 0 Å². The van der Waals surface area contributed by atoms with Crippen molar-refractivity contribution in [3.63, 3.8) is 0 Å². The Morgan fingerprint density at radius 2 is 2.10 bits per heavy atom. The van der Waals surface area contributed by atoms with Gasteiger partial charge >= 0.3 is 0 Å². The molecule has 1 N–H and O–H groups in total. The molecule has 0 atom stereocenters. The third-order valence-electron chi connectivity index (χ3n) is 3.38. The van der Waals surface area contributed by atoms with Gasteiger partial charge in [0, 0.05) is 31.3 Å². The molecule has 0 bridgehead atoms. The zero-order chi connectivity index (χ0) is 15.7. The van der Waals surface area contributed by atoms with Crippen LogP contribution in [0.4, 0.5) is 5.69 Å². The zero-order valence-electron chi connectivity index (χ0n) is 12.4. The number of H-pyrrole nitrogens is 1. The number of hydrogen-bond acceptors (Lipinski definition) is 4. The van der Waals surface area contributed by atoms with Crippen LogP contribution in [-0.2, 0) is 11.2 Å². The first-order valence-electron chi connectivity index (χ1n) is 6.44. The Balaban J connectivity index is 2.87. The summed E-state index contributed by atoms with van der Waals surface area (Å²) in [5.41, 5.74) is 3.05. The molecule has 21 heavy (non-hydrogen) atoms. The highest BCUT2D eigenvalue weighted by Crippen LogP contribution is 2.36. The predicted octanol–water partition coefficient (Wildman–Crippen LogP) is 0.983. The van der Waals surface area contributed by atoms with Gasteiger partial charge < -0.3 is 19.5 Å². The van der Waals surface area contributed by atoms with Gasteiger partial charge in [0.25, 0.3) is 5.52 Å². The van der Waals surface area contributed by atoms with Gasteiger partial charge in [-0.05, 0) is 12.5 Å². The summed E-state index contributed by atoms with van der Waals surface area (Å²) in [6.45, 7) is 1.92. The number of anilines is 1. The Hall–Kier alpha value is -2.01. The van der Waals surface area contributed by atoms with Crippen LogP contribution in [0.3, 0.4) is 0 Å². The van der Waals surface area contributed by atoms with Crippen LogP contribution in [0.2, 0.25) is 5.02 Å². The summed E-state index contributed by atoms with van der Waals surface area (Å²) < 4.78 is 5.36. The molecular weight excluding hydrogens is 292 g/mol. The fourth-order valence-corrected chi connectivity index (χ4v) is 2.56. The number of aromatic nitrogens is 1. The van der Waals surface area contributed by atoms with Crippen molar-refractivity contribution in [2.24, 2.45) is 0 Å². The molecule has 112 valence electrons. The number of rotatable bonds is 4. The SMILES string of the molecule is COc1cc(Cl)c(C)c2c(N(C)C)cc(CC(=O)[O-])[nH+]c12. The van der Waals surface area contributed by atoms with Crippen LogP contribution in [0.5, 0.6) is 5.75 Å². The van der Waals surface area contributed by atoms with E-state index >= 15 is 0 Å². The molecule has 0 saturated carbocycles. The Morgan fingerprint density at radius 3 is 2.62 bits per heavy atom. The van der Waals surface area contributed by atoms with Gasteiger partial charge in [-0.1, -0.05) is 11.6 Å². The van der Waals surface area contributed by atoms with Gasteiger partial charge in [-0.25, -0.2) is 4.98 Å². The number of ether oxygens (including phenoxy) is 1. The van der Waals surface area contributed by atoms with Crippen molar-refractivity contribution in [3.05, 3.63) is 28.4 Å². The summed E-state index contributed by atoms with van der Waals surface area (Å²) in [6, 6.07) is 3.51. The Morgan fingerprint density at radius 1 is 1.43 bits per heavy atom. The van der Waals surface area contributed by atoms with Gasteiger partial charge in [0.1, 0.15) is 0 Å². The molecule has 0 aliphatic rings. The zero-order valence-corrected chi connectivity index (χ0v) is 13.2. The summed E-state index contributed by atoms with van der Waals surface area (Å²) in [6.07, 6.45) is -0.193. The van der Waals surface area contributed by atoms with E-state index in [1.807, 2.05) is 25.9 Å². The molecule has 1 heterocycles. The van der Waals surface area contributed by atoms with Crippen LogP contribution >= 0.6 is 11.6 Å². The minimum Gasteiger partial charge on any atom is -0.550 e. The molecule has 0 aliphatic heterocycles. The number of hydrogen-bond donors (Lipinski definition) is 0. The van der Waals surface area contributed by atoms with Crippen LogP contribution in [0, 0.1) is 6.92 Å². The third-order valence-corrected chi connectivity index (χ3v) is 3.77. The number of aliphatic carboxylic acids is 1. The van der Waals surface area contributed by atoms with Crippen LogP contribution in [-0.4, -0.2) is 27.2 Å². The first-order chi connectivity index (χ1) is 9.85. The van der Waals surface area contributed by atoms with E-state index in [-0.39, 0.29) is 6.42 Å². The Kier molecular flexibility index (Phi) is 4.23. The lowest BCUT2D eigenvalue weighted by Crippen LogP contribution is -2.28. The standard InChI is InChI=1S/C15H17ClN2O3/c1-8-10(16)7-12(21-4)15-14(8)11(18(2)3)5-9(17-15)6-13(19)20/h5,7H,6H2,1-4H3,(H,19,20). The second-order valence-electron chi connectivity index (χ2n) is 5.06. The third kappa shape index (κ3) is 2.88. The van der Waals surface area contributed by atoms with Crippen LogP contribution in [0.25, 0.3) is 10.9 Å². The summed E-state index contributed by atoms with van der Waals surface area (Å²) in [5.74, 6) is -0.566. The average molecular weight is 309 g/mol. The molecular formula is C15H17ClN2O3. The molecule has 6 heteroatoms. The molecule has 0 fully saturated rings. The number of halogens is 1. The molecule has 5 nitrogen and oxygen atoms in total. The quantitative estimate of drug-likeness (QED) is 0.844. The monoisotopic (exact) mass is 308 g/mol. The maximum absolute atomic E-state index is 10.9. The molecule has 2 aromatic rings. The predicted molar refractivity (Wildman–Crippen MR) is 79.8 cm³/mol. The molecule has 0 aliphatic carbocycles. The summed E-state index contributed by atoms with van der Waals surface area (Å²) in [5, 5.41) is 12.4. The normalized spacial score (nSPS) is 10.7. The largest absolute Gasteiger partial charge is 0.550 e. The van der Waals surface area contributed by atoms with Crippen molar-refractivity contribution < 1.29 is 19.6 Å². The number of carbonyl (C=O) groups is 1. The molecule has 0 saturated heterocycles. The van der Waals surface area contributed by atoms with Crippen molar-refractivity contribution in [3.8, 4) is 5.75 Å². The van der Waals surface area contributed by atoms with E-state index in [1.165, 1.54) is 0 Å². The van der Waals surface area contributed by atoms with E-state index in [0.29, 0.717) is 16.5 Å². The summed E-state index contributed by atoms with van der Waals surface area (Å²) in [7, 11) is 5.34. The molecule has 1 aromatic carbocycles. The Labute approximate surface area is 128 Å². The number of pyridine rings is 1. The number of benzene rings is 1. The lowest BCUT2D eigenvalue weighted by Gasteiger charge is -2.17. The number of fused-ring (bicyclic) bond motifs is 1. The van der Waals surface area contributed by atoms with E-state index in [9.17, 15) is 9.90 Å². The first-order valence-corrected chi connectivity index (χ1v) is 6.82. The number of methoxy groups -OCH3 is 1. The van der Waals surface area contributed by atoms with Crippen molar-refractivity contribution >= 4 is 34.2 Å². The maximum atomic E-state index is 10.9. The van der Waals surface area contributed by atoms with Gasteiger partial charge in [0.05, 0.1) is 30.6 Å². The van der Waals surface area contributed by atoms with Gasteiger partial charge in [-0.2, -0.15) is 0 Å². The second kappa shape index (κ2) is 5.77. The molecule has 0 spiro atoms. The highest BCUT2D eigenvalue weighted by atomic mass is 35.5. The fourth-order valence-electron chi connectivity index (χ4n) is 2.37. The minimum atomic E-state index is -1.14. The molecule has 0 radical (unpaired) electrons. The molecule has 2 rings (SSSR count). The van der Waals surface area contributed by atoms with E-state index in [4.69, 9.17) is 16.3 Å². The van der Waals surface area contributed by atoms with E-state index < -0.39 is 5.97 Å². The highest BCUT2D eigenvalue weighted by Gasteiger charge is 2.21. The van der Waals surface area contributed by atoms with Crippen molar-refractivity contribution in [1.29, 1.82) is 0 Å². The first kappa shape index (κ1) is 15.4. The lowest BCUT2D eigenvalue weighted by molar-refractivity contribution is -0.362. The molecule has 0 unspecified atom stereocenters. The van der Waals surface area contributed by atoms with E-state index in [1.54, 1.807) is 19.2 Å². The van der Waals surface area contributed by atoms with Crippen LogP contribution in [0.15, 0.2) is 12.1 Å². The number of nitrogens with zero attached hydrogens (tertiary/aromatic N) is 1. The van der Waals surface area contributed by atoms with Crippen LogP contribution < -0.4 is 19.7 Å². The average Bonchev–Trinajstić information content (AvgIpc) is 2.41. The smallest absolute Gasteiger partial charge is 0.255 e. The van der Waals surface area contributed by atoms with Crippen LogP contribution in [0.1, 0.15) is 11.3 Å². The number of aryl methyl sites for hydroxylation is 1.